The zero-order valence-corrected chi connectivity index (χ0v) is 15.2. The Morgan fingerprint density at radius 1 is 1.08 bits per heavy atom. The number of nitrogens with two attached hydrogens (primary N) is 1. The van der Waals surface area contributed by atoms with Gasteiger partial charge in [0.05, 0.1) is 0 Å². The van der Waals surface area contributed by atoms with Gasteiger partial charge in [-0.1, -0.05) is 29.8 Å². The maximum absolute atomic E-state index is 12.5. The lowest BCUT2D eigenvalue weighted by Gasteiger charge is -2.31. The van der Waals surface area contributed by atoms with Crippen molar-refractivity contribution in [1.29, 1.82) is 0 Å². The predicted octanol–water partition coefficient (Wildman–Crippen LogP) is 3.29. The van der Waals surface area contributed by atoms with E-state index in [-0.39, 0.29) is 11.8 Å². The lowest BCUT2D eigenvalue weighted by Crippen LogP contribution is -2.37. The molecule has 0 aromatic heterocycles. The molecule has 2 amide bonds. The van der Waals surface area contributed by atoms with Crippen molar-refractivity contribution in [3.8, 4) is 0 Å². The molecule has 0 aliphatic carbocycles. The van der Waals surface area contributed by atoms with Crippen LogP contribution in [-0.4, -0.2) is 29.8 Å². The average molecular weight is 372 g/mol. The monoisotopic (exact) mass is 371 g/mol. The number of nitrogens with one attached hydrogen (secondary N) is 1. The van der Waals surface area contributed by atoms with Crippen LogP contribution >= 0.6 is 11.6 Å². The van der Waals surface area contributed by atoms with Gasteiger partial charge < -0.3 is 11.1 Å². The smallest absolute Gasteiger partial charge is 0.248 e. The molecular formula is C20H22ClN3O2. The number of hydrogen-bond donors (Lipinski definition) is 2. The summed E-state index contributed by atoms with van der Waals surface area (Å²) in [7, 11) is 0. The van der Waals surface area contributed by atoms with E-state index in [1.165, 1.54) is 0 Å². The largest absolute Gasteiger partial charge is 0.366 e. The highest BCUT2D eigenvalue weighted by Crippen LogP contribution is 2.23. The van der Waals surface area contributed by atoms with E-state index >= 15 is 0 Å². The molecule has 0 unspecified atom stereocenters. The number of carbonyl (C=O) groups excluding carboxylic acids is 2. The molecule has 1 saturated heterocycles. The summed E-state index contributed by atoms with van der Waals surface area (Å²) in [5, 5.41) is 3.70. The summed E-state index contributed by atoms with van der Waals surface area (Å²) >= 11 is 6.22. The van der Waals surface area contributed by atoms with Crippen LogP contribution in [0, 0.1) is 5.92 Å². The maximum Gasteiger partial charge on any atom is 0.248 e. The quantitative estimate of drug-likeness (QED) is 0.846. The Bertz CT molecular complexity index is 784. The van der Waals surface area contributed by atoms with Gasteiger partial charge in [-0.15, -0.1) is 0 Å². The van der Waals surface area contributed by atoms with Gasteiger partial charge in [0.15, 0.2) is 0 Å². The molecule has 0 atom stereocenters. The Kier molecular flexibility index (Phi) is 5.91. The number of anilines is 1. The maximum atomic E-state index is 12.5. The van der Waals surface area contributed by atoms with Crippen LogP contribution in [0.25, 0.3) is 0 Å². The van der Waals surface area contributed by atoms with Gasteiger partial charge in [-0.3, -0.25) is 14.5 Å². The minimum Gasteiger partial charge on any atom is -0.366 e. The first-order chi connectivity index (χ1) is 12.5. The van der Waals surface area contributed by atoms with Crippen LogP contribution in [0.2, 0.25) is 5.02 Å². The van der Waals surface area contributed by atoms with Crippen molar-refractivity contribution in [1.82, 2.24) is 4.90 Å². The van der Waals surface area contributed by atoms with Crippen molar-refractivity contribution in [3.05, 3.63) is 64.7 Å². The van der Waals surface area contributed by atoms with Gasteiger partial charge in [0.25, 0.3) is 0 Å². The van der Waals surface area contributed by atoms with Crippen molar-refractivity contribution in [2.45, 2.75) is 19.4 Å². The zero-order valence-electron chi connectivity index (χ0n) is 14.5. The fourth-order valence-electron chi connectivity index (χ4n) is 3.18. The summed E-state index contributed by atoms with van der Waals surface area (Å²) in [5.74, 6) is -0.462. The molecule has 1 heterocycles. The number of likely N-dealkylation sites (tertiary alicyclic amines) is 1. The third-order valence-corrected chi connectivity index (χ3v) is 5.12. The molecule has 2 aromatic carbocycles. The molecule has 2 aromatic rings. The molecule has 26 heavy (non-hydrogen) atoms. The van der Waals surface area contributed by atoms with Gasteiger partial charge in [0.1, 0.15) is 0 Å². The standard InChI is InChI=1S/C20H22ClN3O2/c21-18-4-2-1-3-16(18)13-24-11-9-15(10-12-24)20(26)23-17-7-5-14(6-8-17)19(22)25/h1-8,15H,9-13H2,(H2,22,25)(H,23,26). The first-order valence-electron chi connectivity index (χ1n) is 8.69. The topological polar surface area (TPSA) is 75.4 Å². The average Bonchev–Trinajstić information content (AvgIpc) is 2.64. The van der Waals surface area contributed by atoms with Crippen molar-refractivity contribution in [2.75, 3.05) is 18.4 Å². The molecule has 0 spiro atoms. The number of benzene rings is 2. The van der Waals surface area contributed by atoms with Crippen LogP contribution in [0.3, 0.4) is 0 Å². The van der Waals surface area contributed by atoms with Gasteiger partial charge in [-0.25, -0.2) is 0 Å². The van der Waals surface area contributed by atoms with Crippen LogP contribution in [-0.2, 0) is 11.3 Å². The van der Waals surface area contributed by atoms with Gasteiger partial charge in [0, 0.05) is 28.7 Å². The minimum absolute atomic E-state index is 0.00619. The molecular weight excluding hydrogens is 350 g/mol. The zero-order chi connectivity index (χ0) is 18.5. The van der Waals surface area contributed by atoms with Gasteiger partial charge in [-0.2, -0.15) is 0 Å². The van der Waals surface area contributed by atoms with Crippen molar-refractivity contribution >= 4 is 29.1 Å². The summed E-state index contributed by atoms with van der Waals surface area (Å²) in [5.41, 5.74) is 7.44. The molecule has 3 N–H and O–H groups in total. The second kappa shape index (κ2) is 8.34. The molecule has 0 radical (unpaired) electrons. The Balaban J connectivity index is 1.50. The van der Waals surface area contributed by atoms with Crippen molar-refractivity contribution in [3.63, 3.8) is 0 Å². The molecule has 136 valence electrons. The number of hydrogen-bond acceptors (Lipinski definition) is 3. The molecule has 0 saturated carbocycles. The molecule has 0 bridgehead atoms. The van der Waals surface area contributed by atoms with Gasteiger partial charge in [0.2, 0.25) is 11.8 Å². The van der Waals surface area contributed by atoms with E-state index in [0.29, 0.717) is 11.3 Å². The van der Waals surface area contributed by atoms with E-state index in [1.54, 1.807) is 24.3 Å². The van der Waals surface area contributed by atoms with E-state index in [1.807, 2.05) is 24.3 Å². The fraction of sp³-hybridized carbons (Fsp3) is 0.300. The second-order valence-electron chi connectivity index (χ2n) is 6.57. The number of rotatable bonds is 5. The lowest BCUT2D eigenvalue weighted by atomic mass is 9.95. The lowest BCUT2D eigenvalue weighted by molar-refractivity contribution is -0.121. The third kappa shape index (κ3) is 4.62. The number of nitrogens with zero attached hydrogens (tertiary/aromatic N) is 1. The molecule has 1 aliphatic heterocycles. The molecule has 3 rings (SSSR count). The number of carbonyl (C=O) groups is 2. The Labute approximate surface area is 158 Å². The summed E-state index contributed by atoms with van der Waals surface area (Å²) in [6, 6.07) is 14.5. The molecule has 1 fully saturated rings. The Morgan fingerprint density at radius 3 is 2.35 bits per heavy atom. The third-order valence-electron chi connectivity index (χ3n) is 4.75. The summed E-state index contributed by atoms with van der Waals surface area (Å²) < 4.78 is 0. The van der Waals surface area contributed by atoms with Crippen LogP contribution in [0.5, 0.6) is 0 Å². The van der Waals surface area contributed by atoms with Crippen LogP contribution in [0.4, 0.5) is 5.69 Å². The second-order valence-corrected chi connectivity index (χ2v) is 6.98. The SMILES string of the molecule is NC(=O)c1ccc(NC(=O)C2CCN(Cc3ccccc3Cl)CC2)cc1. The van der Waals surface area contributed by atoms with E-state index in [0.717, 1.165) is 43.1 Å². The molecule has 6 heteroatoms. The highest BCUT2D eigenvalue weighted by atomic mass is 35.5. The fourth-order valence-corrected chi connectivity index (χ4v) is 3.38. The van der Waals surface area contributed by atoms with Gasteiger partial charge in [-0.05, 0) is 61.8 Å². The van der Waals surface area contributed by atoms with Crippen molar-refractivity contribution < 1.29 is 9.59 Å². The molecule has 1 aliphatic rings. The Hall–Kier alpha value is -2.37. The van der Waals surface area contributed by atoms with Crippen LogP contribution < -0.4 is 11.1 Å². The van der Waals surface area contributed by atoms with E-state index < -0.39 is 5.91 Å². The van der Waals surface area contributed by atoms with E-state index in [4.69, 9.17) is 17.3 Å². The first-order valence-corrected chi connectivity index (χ1v) is 9.07. The summed E-state index contributed by atoms with van der Waals surface area (Å²) in [6.07, 6.45) is 1.63. The summed E-state index contributed by atoms with van der Waals surface area (Å²) in [6.45, 7) is 2.54. The Morgan fingerprint density at radius 2 is 1.73 bits per heavy atom. The number of primary amides is 1. The molecule has 5 nitrogen and oxygen atoms in total. The number of piperidine rings is 1. The number of amides is 2. The van der Waals surface area contributed by atoms with E-state index in [2.05, 4.69) is 10.2 Å². The normalized spacial score (nSPS) is 15.6. The summed E-state index contributed by atoms with van der Waals surface area (Å²) in [4.78, 5) is 25.9. The van der Waals surface area contributed by atoms with E-state index in [9.17, 15) is 9.59 Å². The predicted molar refractivity (Wildman–Crippen MR) is 103 cm³/mol. The van der Waals surface area contributed by atoms with Crippen molar-refractivity contribution in [2.24, 2.45) is 11.7 Å². The highest BCUT2D eigenvalue weighted by molar-refractivity contribution is 6.31. The highest BCUT2D eigenvalue weighted by Gasteiger charge is 2.25. The van der Waals surface area contributed by atoms with Crippen LogP contribution in [0.15, 0.2) is 48.5 Å². The van der Waals surface area contributed by atoms with Crippen LogP contribution in [0.1, 0.15) is 28.8 Å². The number of halogens is 1. The minimum atomic E-state index is -0.478. The first kappa shape index (κ1) is 18.4. The van der Waals surface area contributed by atoms with Gasteiger partial charge >= 0.3 is 0 Å².